The zero-order chi connectivity index (χ0) is 11.4. The van der Waals surface area contributed by atoms with Crippen molar-refractivity contribution in [2.75, 3.05) is 7.11 Å². The van der Waals surface area contributed by atoms with Gasteiger partial charge in [0.1, 0.15) is 5.75 Å². The molecule has 0 fully saturated rings. The van der Waals surface area contributed by atoms with Crippen molar-refractivity contribution >= 4 is 17.4 Å². The van der Waals surface area contributed by atoms with Gasteiger partial charge in [-0.1, -0.05) is 25.4 Å². The second-order valence-corrected chi connectivity index (χ2v) is 4.27. The quantitative estimate of drug-likeness (QED) is 0.734. The maximum Gasteiger partial charge on any atom is 0.164 e. The van der Waals surface area contributed by atoms with Crippen LogP contribution in [0.4, 0.5) is 0 Å². The minimum Gasteiger partial charge on any atom is -0.497 e. The summed E-state index contributed by atoms with van der Waals surface area (Å²) in [6.07, 6.45) is 0.520. The standard InChI is InChI=1S/C12H15ClO2/c1-8(2)6-12(14)10-5-4-9(15-3)7-11(10)13/h4-5,7-8H,6H2,1-3H3. The Morgan fingerprint density at radius 1 is 1.47 bits per heavy atom. The van der Waals surface area contributed by atoms with Gasteiger partial charge in [0, 0.05) is 12.0 Å². The molecule has 15 heavy (non-hydrogen) atoms. The second kappa shape index (κ2) is 5.17. The molecule has 0 amide bonds. The molecule has 2 nitrogen and oxygen atoms in total. The van der Waals surface area contributed by atoms with Crippen LogP contribution in [0.15, 0.2) is 18.2 Å². The van der Waals surface area contributed by atoms with Crippen LogP contribution in [0.5, 0.6) is 5.75 Å². The van der Waals surface area contributed by atoms with Gasteiger partial charge in [0.05, 0.1) is 12.1 Å². The molecule has 0 saturated carbocycles. The molecule has 0 bridgehead atoms. The predicted molar refractivity (Wildman–Crippen MR) is 61.8 cm³/mol. The Hall–Kier alpha value is -1.02. The minimum absolute atomic E-state index is 0.0812. The van der Waals surface area contributed by atoms with Crippen molar-refractivity contribution in [2.24, 2.45) is 5.92 Å². The van der Waals surface area contributed by atoms with Crippen LogP contribution in [0.25, 0.3) is 0 Å². The van der Waals surface area contributed by atoms with E-state index in [-0.39, 0.29) is 5.78 Å². The number of halogens is 1. The molecule has 0 aliphatic carbocycles. The highest BCUT2D eigenvalue weighted by Crippen LogP contribution is 2.24. The van der Waals surface area contributed by atoms with Gasteiger partial charge in [0.25, 0.3) is 0 Å². The van der Waals surface area contributed by atoms with Gasteiger partial charge < -0.3 is 4.74 Å². The number of hydrogen-bond acceptors (Lipinski definition) is 2. The molecule has 1 aromatic rings. The topological polar surface area (TPSA) is 26.3 Å². The molecule has 1 rings (SSSR count). The number of Topliss-reactive ketones (excluding diaryl/α,β-unsaturated/α-hetero) is 1. The number of methoxy groups -OCH3 is 1. The zero-order valence-corrected chi connectivity index (χ0v) is 9.97. The third kappa shape index (κ3) is 3.24. The monoisotopic (exact) mass is 226 g/mol. The highest BCUT2D eigenvalue weighted by Gasteiger charge is 2.12. The van der Waals surface area contributed by atoms with Crippen molar-refractivity contribution < 1.29 is 9.53 Å². The number of rotatable bonds is 4. The zero-order valence-electron chi connectivity index (χ0n) is 9.21. The molecule has 0 radical (unpaired) electrons. The average molecular weight is 227 g/mol. The number of carbonyl (C=O) groups excluding carboxylic acids is 1. The summed E-state index contributed by atoms with van der Waals surface area (Å²) in [4.78, 5) is 11.8. The molecule has 0 unspecified atom stereocenters. The van der Waals surface area contributed by atoms with E-state index in [0.29, 0.717) is 28.7 Å². The van der Waals surface area contributed by atoms with Gasteiger partial charge in [-0.05, 0) is 24.1 Å². The highest BCUT2D eigenvalue weighted by molar-refractivity contribution is 6.34. The lowest BCUT2D eigenvalue weighted by Gasteiger charge is -2.07. The van der Waals surface area contributed by atoms with Crippen molar-refractivity contribution in [2.45, 2.75) is 20.3 Å². The Labute approximate surface area is 95.2 Å². The van der Waals surface area contributed by atoms with Crippen LogP contribution in [0.1, 0.15) is 30.6 Å². The van der Waals surface area contributed by atoms with Crippen LogP contribution in [0.2, 0.25) is 5.02 Å². The van der Waals surface area contributed by atoms with Gasteiger partial charge >= 0.3 is 0 Å². The van der Waals surface area contributed by atoms with Crippen LogP contribution >= 0.6 is 11.6 Å². The van der Waals surface area contributed by atoms with Gasteiger partial charge in [-0.25, -0.2) is 0 Å². The van der Waals surface area contributed by atoms with Crippen molar-refractivity contribution in [3.8, 4) is 5.75 Å². The van der Waals surface area contributed by atoms with E-state index in [1.807, 2.05) is 13.8 Å². The highest BCUT2D eigenvalue weighted by atomic mass is 35.5. The molecule has 82 valence electrons. The fourth-order valence-corrected chi connectivity index (χ4v) is 1.61. The van der Waals surface area contributed by atoms with E-state index in [1.54, 1.807) is 25.3 Å². The summed E-state index contributed by atoms with van der Waals surface area (Å²) >= 11 is 5.99. The van der Waals surface area contributed by atoms with Crippen molar-refractivity contribution in [1.82, 2.24) is 0 Å². The third-order valence-electron chi connectivity index (χ3n) is 2.07. The third-order valence-corrected chi connectivity index (χ3v) is 2.38. The van der Waals surface area contributed by atoms with Gasteiger partial charge in [-0.15, -0.1) is 0 Å². The SMILES string of the molecule is COc1ccc(C(=O)CC(C)C)c(Cl)c1. The first-order valence-corrected chi connectivity index (χ1v) is 5.29. The van der Waals surface area contributed by atoms with E-state index in [1.165, 1.54) is 0 Å². The summed E-state index contributed by atoms with van der Waals surface area (Å²) in [6.45, 7) is 4.02. The van der Waals surface area contributed by atoms with Crippen molar-refractivity contribution in [1.29, 1.82) is 0 Å². The van der Waals surface area contributed by atoms with Crippen molar-refractivity contribution in [3.63, 3.8) is 0 Å². The molecule has 0 aliphatic heterocycles. The molecule has 3 heteroatoms. The molecule has 0 saturated heterocycles. The lowest BCUT2D eigenvalue weighted by atomic mass is 10.0. The maximum absolute atomic E-state index is 11.8. The Balaban J connectivity index is 2.90. The molecule has 0 atom stereocenters. The van der Waals surface area contributed by atoms with Gasteiger partial charge in [-0.3, -0.25) is 4.79 Å². The van der Waals surface area contributed by atoms with E-state index in [2.05, 4.69) is 0 Å². The van der Waals surface area contributed by atoms with Gasteiger partial charge in [-0.2, -0.15) is 0 Å². The Bertz CT molecular complexity index is 359. The van der Waals surface area contributed by atoms with Crippen LogP contribution < -0.4 is 4.74 Å². The number of ketones is 1. The Morgan fingerprint density at radius 2 is 2.13 bits per heavy atom. The predicted octanol–water partition coefficient (Wildman–Crippen LogP) is 3.58. The molecule has 0 aliphatic rings. The van der Waals surface area contributed by atoms with Crippen LogP contribution in [-0.2, 0) is 0 Å². The maximum atomic E-state index is 11.8. The summed E-state index contributed by atoms with van der Waals surface area (Å²) in [5.74, 6) is 1.09. The number of ether oxygens (including phenoxy) is 1. The van der Waals surface area contributed by atoms with E-state index >= 15 is 0 Å². The molecule has 0 heterocycles. The second-order valence-electron chi connectivity index (χ2n) is 3.87. The van der Waals surface area contributed by atoms with Gasteiger partial charge in [0.15, 0.2) is 5.78 Å². The van der Waals surface area contributed by atoms with Crippen molar-refractivity contribution in [3.05, 3.63) is 28.8 Å². The summed E-state index contributed by atoms with van der Waals surface area (Å²) in [7, 11) is 1.57. The molecular weight excluding hydrogens is 212 g/mol. The fraction of sp³-hybridized carbons (Fsp3) is 0.417. The summed E-state index contributed by atoms with van der Waals surface area (Å²) in [5, 5.41) is 0.458. The number of carbonyl (C=O) groups is 1. The smallest absolute Gasteiger partial charge is 0.164 e. The minimum atomic E-state index is 0.0812. The first-order valence-electron chi connectivity index (χ1n) is 4.91. The Kier molecular flexibility index (Phi) is 4.15. The normalized spacial score (nSPS) is 10.5. The Morgan fingerprint density at radius 3 is 2.60 bits per heavy atom. The largest absolute Gasteiger partial charge is 0.497 e. The average Bonchev–Trinajstić information content (AvgIpc) is 2.16. The number of hydrogen-bond donors (Lipinski definition) is 0. The lowest BCUT2D eigenvalue weighted by molar-refractivity contribution is 0.0968. The summed E-state index contributed by atoms with van der Waals surface area (Å²) < 4.78 is 5.02. The first-order chi connectivity index (χ1) is 7.04. The lowest BCUT2D eigenvalue weighted by Crippen LogP contribution is -2.04. The van der Waals surface area contributed by atoms with Crippen LogP contribution in [0.3, 0.4) is 0 Å². The molecule has 0 N–H and O–H groups in total. The molecule has 0 aromatic heterocycles. The summed E-state index contributed by atoms with van der Waals surface area (Å²) in [6, 6.07) is 5.13. The molecule has 0 spiro atoms. The molecular formula is C12H15ClO2. The van der Waals surface area contributed by atoms with E-state index in [0.717, 1.165) is 0 Å². The van der Waals surface area contributed by atoms with Gasteiger partial charge in [0.2, 0.25) is 0 Å². The summed E-state index contributed by atoms with van der Waals surface area (Å²) in [5.41, 5.74) is 0.575. The van der Waals surface area contributed by atoms with E-state index in [9.17, 15) is 4.79 Å². The van der Waals surface area contributed by atoms with E-state index < -0.39 is 0 Å². The van der Waals surface area contributed by atoms with E-state index in [4.69, 9.17) is 16.3 Å². The van der Waals surface area contributed by atoms with Crippen LogP contribution in [-0.4, -0.2) is 12.9 Å². The number of benzene rings is 1. The molecule has 1 aromatic carbocycles. The fourth-order valence-electron chi connectivity index (χ4n) is 1.33. The first kappa shape index (κ1) is 12.1. The van der Waals surface area contributed by atoms with Crippen LogP contribution in [0, 0.1) is 5.92 Å².